The van der Waals surface area contributed by atoms with Crippen molar-refractivity contribution in [1.82, 2.24) is 9.97 Å². The molecule has 0 spiro atoms. The predicted octanol–water partition coefficient (Wildman–Crippen LogP) is 2.97. The first-order valence-electron chi connectivity index (χ1n) is 6.71. The topological polar surface area (TPSA) is 75.1 Å². The number of thiophene rings is 1. The quantitative estimate of drug-likeness (QED) is 0.905. The summed E-state index contributed by atoms with van der Waals surface area (Å²) in [5.74, 6) is 0.0455. The fourth-order valence-electron chi connectivity index (χ4n) is 2.64. The number of rotatable bonds is 4. The lowest BCUT2D eigenvalue weighted by Crippen LogP contribution is -2.43. The van der Waals surface area contributed by atoms with E-state index in [1.54, 1.807) is 11.3 Å². The van der Waals surface area contributed by atoms with Gasteiger partial charge in [-0.2, -0.15) is 0 Å². The molecule has 0 amide bonds. The predicted molar refractivity (Wildman–Crippen MR) is 79.3 cm³/mol. The first-order valence-corrected chi connectivity index (χ1v) is 7.53. The van der Waals surface area contributed by atoms with E-state index in [-0.39, 0.29) is 0 Å². The first-order chi connectivity index (χ1) is 9.53. The van der Waals surface area contributed by atoms with Gasteiger partial charge in [0, 0.05) is 11.4 Å². The Labute approximate surface area is 121 Å². The van der Waals surface area contributed by atoms with E-state index in [2.05, 4.69) is 29.1 Å². The van der Waals surface area contributed by atoms with Crippen LogP contribution in [0, 0.1) is 19.3 Å². The smallest absolute Gasteiger partial charge is 0.311 e. The van der Waals surface area contributed by atoms with Crippen LogP contribution in [-0.2, 0) is 4.79 Å². The van der Waals surface area contributed by atoms with E-state index in [4.69, 9.17) is 0 Å². The third-order valence-electron chi connectivity index (χ3n) is 4.32. The maximum Gasteiger partial charge on any atom is 0.311 e. The Morgan fingerprint density at radius 2 is 2.20 bits per heavy atom. The first kappa shape index (κ1) is 13.3. The lowest BCUT2D eigenvalue weighted by molar-refractivity contribution is -0.153. The molecule has 1 aliphatic carbocycles. The third kappa shape index (κ3) is 1.95. The molecule has 0 radical (unpaired) electrons. The molecule has 5 nitrogen and oxygen atoms in total. The fraction of sp³-hybridized carbons (Fsp3) is 0.500. The van der Waals surface area contributed by atoms with Gasteiger partial charge in [-0.25, -0.2) is 9.97 Å². The molecule has 1 fully saturated rings. The van der Waals surface area contributed by atoms with Gasteiger partial charge in [-0.15, -0.1) is 11.3 Å². The van der Waals surface area contributed by atoms with Crippen LogP contribution < -0.4 is 5.32 Å². The number of aryl methyl sites for hydroxylation is 2. The van der Waals surface area contributed by atoms with Crippen molar-refractivity contribution in [3.05, 3.63) is 16.8 Å². The maximum atomic E-state index is 11.4. The molecule has 1 aliphatic rings. The maximum absolute atomic E-state index is 11.4. The van der Waals surface area contributed by atoms with Crippen LogP contribution in [0.3, 0.4) is 0 Å². The Balaban J connectivity index is 1.90. The van der Waals surface area contributed by atoms with Gasteiger partial charge in [0.25, 0.3) is 0 Å². The Morgan fingerprint density at radius 1 is 1.45 bits per heavy atom. The van der Waals surface area contributed by atoms with E-state index in [1.807, 2.05) is 0 Å². The van der Waals surface area contributed by atoms with E-state index in [9.17, 15) is 9.90 Å². The summed E-state index contributed by atoms with van der Waals surface area (Å²) in [4.78, 5) is 22.1. The summed E-state index contributed by atoms with van der Waals surface area (Å²) in [7, 11) is 0. The highest BCUT2D eigenvalue weighted by atomic mass is 32.1. The van der Waals surface area contributed by atoms with Gasteiger partial charge in [-0.3, -0.25) is 4.79 Å². The summed E-state index contributed by atoms with van der Waals surface area (Å²) in [6.45, 7) is 4.55. The number of nitrogens with zero attached hydrogens (tertiary/aromatic N) is 2. The molecule has 0 bridgehead atoms. The Hall–Kier alpha value is -1.69. The molecular weight excluding hydrogens is 274 g/mol. The number of carbonyl (C=O) groups is 1. The standard InChI is InChI=1S/C14H17N3O2S/c1-8-9(2)20-12-10(8)11(16-7-17-12)15-6-14(13(18)19)4-3-5-14/h7H,3-6H2,1-2H3,(H,18,19)(H,15,16,17). The third-order valence-corrected chi connectivity index (χ3v) is 5.44. The number of aromatic nitrogens is 2. The van der Waals surface area contributed by atoms with Crippen LogP contribution in [0.25, 0.3) is 10.2 Å². The fourth-order valence-corrected chi connectivity index (χ4v) is 3.64. The van der Waals surface area contributed by atoms with Crippen LogP contribution >= 0.6 is 11.3 Å². The highest BCUT2D eigenvalue weighted by molar-refractivity contribution is 7.18. The molecule has 6 heteroatoms. The van der Waals surface area contributed by atoms with E-state index in [0.29, 0.717) is 6.54 Å². The molecule has 2 aromatic rings. The molecule has 0 atom stereocenters. The van der Waals surface area contributed by atoms with Crippen molar-refractivity contribution < 1.29 is 9.90 Å². The van der Waals surface area contributed by atoms with Crippen LogP contribution in [0.1, 0.15) is 29.7 Å². The second-order valence-electron chi connectivity index (χ2n) is 5.48. The van der Waals surface area contributed by atoms with Gasteiger partial charge < -0.3 is 10.4 Å². The minimum absolute atomic E-state index is 0.433. The zero-order valence-electron chi connectivity index (χ0n) is 11.6. The van der Waals surface area contributed by atoms with Gasteiger partial charge in [-0.05, 0) is 32.3 Å². The molecule has 0 aliphatic heterocycles. The molecule has 0 aromatic carbocycles. The average molecular weight is 291 g/mol. The van der Waals surface area contributed by atoms with Crippen LogP contribution in [0.5, 0.6) is 0 Å². The van der Waals surface area contributed by atoms with Gasteiger partial charge in [0.15, 0.2) is 0 Å². The lowest BCUT2D eigenvalue weighted by Gasteiger charge is -2.37. The summed E-state index contributed by atoms with van der Waals surface area (Å²) >= 11 is 1.64. The highest BCUT2D eigenvalue weighted by Crippen LogP contribution is 2.41. The van der Waals surface area contributed by atoms with E-state index in [0.717, 1.165) is 35.3 Å². The summed E-state index contributed by atoms with van der Waals surface area (Å²) in [5.41, 5.74) is 0.557. The summed E-state index contributed by atoms with van der Waals surface area (Å²) < 4.78 is 0. The summed E-state index contributed by atoms with van der Waals surface area (Å²) in [6.07, 6.45) is 4.01. The molecule has 0 saturated heterocycles. The minimum Gasteiger partial charge on any atom is -0.481 e. The Kier molecular flexibility index (Phi) is 3.12. The minimum atomic E-state index is -0.709. The van der Waals surface area contributed by atoms with E-state index < -0.39 is 11.4 Å². The molecule has 1 saturated carbocycles. The summed E-state index contributed by atoms with van der Waals surface area (Å²) in [5, 5.41) is 13.6. The lowest BCUT2D eigenvalue weighted by atomic mass is 9.69. The number of nitrogens with one attached hydrogen (secondary N) is 1. The summed E-state index contributed by atoms with van der Waals surface area (Å²) in [6, 6.07) is 0. The van der Waals surface area contributed by atoms with Crippen LogP contribution in [0.15, 0.2) is 6.33 Å². The number of anilines is 1. The van der Waals surface area contributed by atoms with Crippen LogP contribution in [0.2, 0.25) is 0 Å². The number of hydrogen-bond acceptors (Lipinski definition) is 5. The average Bonchev–Trinajstić information content (AvgIpc) is 2.64. The van der Waals surface area contributed by atoms with Crippen LogP contribution in [0.4, 0.5) is 5.82 Å². The second-order valence-corrected chi connectivity index (χ2v) is 6.68. The van der Waals surface area contributed by atoms with Gasteiger partial charge in [-0.1, -0.05) is 6.42 Å². The SMILES string of the molecule is Cc1sc2ncnc(NCC3(C(=O)O)CCC3)c2c1C. The van der Waals surface area contributed by atoms with Gasteiger partial charge in [0.05, 0.1) is 10.8 Å². The molecular formula is C14H17N3O2S. The Bertz CT molecular complexity index is 676. The molecule has 2 heterocycles. The van der Waals surface area contributed by atoms with Crippen molar-refractivity contribution in [3.8, 4) is 0 Å². The number of carboxylic acid groups (broad SMARTS) is 1. The van der Waals surface area contributed by atoms with Crippen molar-refractivity contribution in [2.75, 3.05) is 11.9 Å². The van der Waals surface area contributed by atoms with Gasteiger partial charge in [0.1, 0.15) is 17.0 Å². The highest BCUT2D eigenvalue weighted by Gasteiger charge is 2.44. The van der Waals surface area contributed by atoms with Crippen molar-refractivity contribution in [2.24, 2.45) is 5.41 Å². The monoisotopic (exact) mass is 291 g/mol. The van der Waals surface area contributed by atoms with Gasteiger partial charge in [0.2, 0.25) is 0 Å². The second kappa shape index (κ2) is 4.70. The zero-order valence-corrected chi connectivity index (χ0v) is 12.4. The molecule has 106 valence electrons. The molecule has 3 rings (SSSR count). The molecule has 0 unspecified atom stereocenters. The van der Waals surface area contributed by atoms with Crippen LogP contribution in [-0.4, -0.2) is 27.6 Å². The molecule has 2 aromatic heterocycles. The number of hydrogen-bond donors (Lipinski definition) is 2. The Morgan fingerprint density at radius 3 is 2.80 bits per heavy atom. The number of fused-ring (bicyclic) bond motifs is 1. The van der Waals surface area contributed by atoms with E-state index in [1.165, 1.54) is 16.8 Å². The number of aliphatic carboxylic acids is 1. The zero-order chi connectivity index (χ0) is 14.3. The van der Waals surface area contributed by atoms with Crippen molar-refractivity contribution >= 4 is 33.3 Å². The van der Waals surface area contributed by atoms with Crippen molar-refractivity contribution in [1.29, 1.82) is 0 Å². The van der Waals surface area contributed by atoms with Gasteiger partial charge >= 0.3 is 5.97 Å². The number of carboxylic acids is 1. The van der Waals surface area contributed by atoms with Crippen molar-refractivity contribution in [2.45, 2.75) is 33.1 Å². The largest absolute Gasteiger partial charge is 0.481 e. The van der Waals surface area contributed by atoms with E-state index >= 15 is 0 Å². The van der Waals surface area contributed by atoms with Crippen molar-refractivity contribution in [3.63, 3.8) is 0 Å². The molecule has 20 heavy (non-hydrogen) atoms. The normalized spacial score (nSPS) is 16.9. The molecule has 2 N–H and O–H groups in total.